The number of hydrogen-bond donors (Lipinski definition) is 0. The van der Waals surface area contributed by atoms with Gasteiger partial charge in [0.1, 0.15) is 6.04 Å². The van der Waals surface area contributed by atoms with Crippen molar-refractivity contribution in [2.24, 2.45) is 5.92 Å². The van der Waals surface area contributed by atoms with Gasteiger partial charge >= 0.3 is 6.09 Å². The van der Waals surface area contributed by atoms with Crippen molar-refractivity contribution in [2.45, 2.75) is 58.0 Å². The second-order valence-corrected chi connectivity index (χ2v) is 14.6. The molecule has 0 unspecified atom stereocenters. The van der Waals surface area contributed by atoms with Gasteiger partial charge in [-0.15, -0.1) is 0 Å². The molecule has 1 fully saturated rings. The molecule has 1 amide bonds. The molecule has 0 saturated carbocycles. The maximum absolute atomic E-state index is 13.2. The van der Waals surface area contributed by atoms with Gasteiger partial charge in [-0.2, -0.15) is 0 Å². The second kappa shape index (κ2) is 8.04. The molecule has 0 bridgehead atoms. The molecular formula is C25H31NO3Si. The topological polar surface area (TPSA) is 38.8 Å². The predicted octanol–water partition coefficient (Wildman–Crippen LogP) is 6.11. The van der Waals surface area contributed by atoms with E-state index in [1.165, 1.54) is 5.20 Å². The Morgan fingerprint density at radius 3 is 1.97 bits per heavy atom. The monoisotopic (exact) mass is 421 g/mol. The van der Waals surface area contributed by atoms with Gasteiger partial charge in [-0.25, -0.2) is 4.79 Å². The highest BCUT2D eigenvalue weighted by Gasteiger charge is 2.50. The Hall–Kier alpha value is -2.37. The average molecular weight is 422 g/mol. The predicted molar refractivity (Wildman–Crippen MR) is 122 cm³/mol. The zero-order chi connectivity index (χ0) is 21.5. The van der Waals surface area contributed by atoms with Crippen molar-refractivity contribution in [2.75, 3.05) is 0 Å². The van der Waals surface area contributed by atoms with Crippen LogP contribution in [0.2, 0.25) is 19.6 Å². The Bertz CT molecular complexity index is 920. The van der Waals surface area contributed by atoms with Crippen LogP contribution in [0, 0.1) is 5.92 Å². The van der Waals surface area contributed by atoms with Crippen LogP contribution in [0.3, 0.4) is 0 Å². The number of hydrogen-bond acceptors (Lipinski definition) is 3. The van der Waals surface area contributed by atoms with Crippen LogP contribution in [0.15, 0.2) is 71.9 Å². The smallest absolute Gasteiger partial charge is 0.413 e. The van der Waals surface area contributed by atoms with Crippen molar-refractivity contribution in [1.29, 1.82) is 0 Å². The number of carbonyl (C=O) groups is 1. The maximum Gasteiger partial charge on any atom is 0.413 e. The first-order chi connectivity index (χ1) is 14.3. The van der Waals surface area contributed by atoms with E-state index in [0.717, 1.165) is 11.1 Å². The highest BCUT2D eigenvalue weighted by atomic mass is 28.3. The minimum Gasteiger partial charge on any atom is -0.439 e. The fraction of sp³-hybridized carbons (Fsp3) is 0.400. The highest BCUT2D eigenvalue weighted by Crippen LogP contribution is 2.46. The van der Waals surface area contributed by atoms with Gasteiger partial charge < -0.3 is 9.47 Å². The zero-order valence-corrected chi connectivity index (χ0v) is 19.4. The summed E-state index contributed by atoms with van der Waals surface area (Å²) in [5.74, 6) is 0.353. The number of benzene rings is 2. The minimum absolute atomic E-state index is 0.0432. The highest BCUT2D eigenvalue weighted by molar-refractivity contribution is 6.83. The van der Waals surface area contributed by atoms with E-state index in [2.05, 4.69) is 51.7 Å². The minimum atomic E-state index is -1.59. The number of carbonyl (C=O) groups excluding carboxylic acids is 1. The quantitative estimate of drug-likeness (QED) is 0.547. The molecule has 4 atom stereocenters. The molecule has 0 aliphatic carbocycles. The lowest BCUT2D eigenvalue weighted by atomic mass is 9.95. The van der Waals surface area contributed by atoms with Gasteiger partial charge in [0.2, 0.25) is 0 Å². The second-order valence-electron chi connectivity index (χ2n) is 9.54. The molecule has 0 aromatic heterocycles. The lowest BCUT2D eigenvalue weighted by molar-refractivity contribution is -0.0444. The Labute approximate surface area is 180 Å². The molecule has 2 heterocycles. The van der Waals surface area contributed by atoms with E-state index < -0.39 is 14.3 Å². The number of nitrogens with zero attached hydrogens (tertiary/aromatic N) is 1. The van der Waals surface area contributed by atoms with Crippen LogP contribution in [0.5, 0.6) is 0 Å². The molecule has 2 aliphatic rings. The molecule has 158 valence electrons. The average Bonchev–Trinajstić information content (AvgIpc) is 3.31. The summed E-state index contributed by atoms with van der Waals surface area (Å²) in [6, 6.07) is 19.9. The Morgan fingerprint density at radius 2 is 1.47 bits per heavy atom. The zero-order valence-electron chi connectivity index (χ0n) is 18.4. The fourth-order valence-electron chi connectivity index (χ4n) is 4.48. The van der Waals surface area contributed by atoms with E-state index in [4.69, 9.17) is 9.47 Å². The molecular weight excluding hydrogens is 390 g/mol. The summed E-state index contributed by atoms with van der Waals surface area (Å²) >= 11 is 0. The molecule has 2 aliphatic heterocycles. The SMILES string of the molecule is CC(C)[C@@H]1O[C@H](N2C(=O)O[C@H](c3ccccc3)[C@@H]2c2ccccc2)C=C1[Si](C)(C)C. The summed E-state index contributed by atoms with van der Waals surface area (Å²) in [4.78, 5) is 15.0. The van der Waals surface area contributed by atoms with Gasteiger partial charge in [-0.05, 0) is 23.1 Å². The first-order valence-corrected chi connectivity index (χ1v) is 14.2. The van der Waals surface area contributed by atoms with E-state index in [-0.39, 0.29) is 24.3 Å². The van der Waals surface area contributed by atoms with Crippen molar-refractivity contribution < 1.29 is 14.3 Å². The summed E-state index contributed by atoms with van der Waals surface area (Å²) in [7, 11) is -1.59. The first kappa shape index (κ1) is 20.9. The van der Waals surface area contributed by atoms with Crippen LogP contribution < -0.4 is 0 Å². The third-order valence-corrected chi connectivity index (χ3v) is 8.14. The number of amides is 1. The fourth-order valence-corrected chi connectivity index (χ4v) is 6.38. The molecule has 2 aromatic carbocycles. The summed E-state index contributed by atoms with van der Waals surface area (Å²) in [6.45, 7) is 11.4. The van der Waals surface area contributed by atoms with E-state index >= 15 is 0 Å². The Morgan fingerprint density at radius 1 is 0.900 bits per heavy atom. The van der Waals surface area contributed by atoms with Crippen molar-refractivity contribution in [3.05, 3.63) is 83.1 Å². The van der Waals surface area contributed by atoms with Gasteiger partial charge in [0.05, 0.1) is 14.2 Å². The van der Waals surface area contributed by atoms with Crippen LogP contribution >= 0.6 is 0 Å². The van der Waals surface area contributed by atoms with E-state index in [1.807, 2.05) is 48.5 Å². The molecule has 1 saturated heterocycles. The molecule has 5 heteroatoms. The summed E-state index contributed by atoms with van der Waals surface area (Å²) in [5.41, 5.74) is 2.05. The lowest BCUT2D eigenvalue weighted by Crippen LogP contribution is -2.39. The van der Waals surface area contributed by atoms with Gasteiger partial charge in [0.15, 0.2) is 12.3 Å². The molecule has 0 spiro atoms. The van der Waals surface area contributed by atoms with Crippen LogP contribution in [-0.4, -0.2) is 31.4 Å². The van der Waals surface area contributed by atoms with Crippen molar-refractivity contribution in [3.63, 3.8) is 0 Å². The Kier molecular flexibility index (Phi) is 5.60. The summed E-state index contributed by atoms with van der Waals surface area (Å²) in [6.07, 6.45) is 1.14. The number of rotatable bonds is 5. The van der Waals surface area contributed by atoms with Gasteiger partial charge in [-0.1, -0.05) is 99.3 Å². The third-order valence-electron chi connectivity index (χ3n) is 5.95. The van der Waals surface area contributed by atoms with Gasteiger partial charge in [0.25, 0.3) is 0 Å². The molecule has 4 nitrogen and oxygen atoms in total. The summed E-state index contributed by atoms with van der Waals surface area (Å²) in [5, 5.41) is 1.38. The molecule has 30 heavy (non-hydrogen) atoms. The first-order valence-electron chi connectivity index (χ1n) is 10.7. The molecule has 0 radical (unpaired) electrons. The van der Waals surface area contributed by atoms with Crippen molar-refractivity contribution in [1.82, 2.24) is 4.90 Å². The molecule has 0 N–H and O–H groups in total. The van der Waals surface area contributed by atoms with Crippen molar-refractivity contribution in [3.8, 4) is 0 Å². The normalized spacial score (nSPS) is 26.8. The van der Waals surface area contributed by atoms with E-state index in [0.29, 0.717) is 5.92 Å². The standard InChI is InChI=1S/C25H31NO3Si/c1-17(2)23-20(30(3,4)5)16-21(28-23)26-22(18-12-8-6-9-13-18)24(29-25(26)27)19-14-10-7-11-15-19/h6-17,21-24H,1-5H3/t21-,22-,23-,24+/m0/s1. The third kappa shape index (κ3) is 3.84. The van der Waals surface area contributed by atoms with Crippen LogP contribution in [0.1, 0.15) is 37.1 Å². The van der Waals surface area contributed by atoms with Crippen LogP contribution in [-0.2, 0) is 9.47 Å². The van der Waals surface area contributed by atoms with Gasteiger partial charge in [-0.3, -0.25) is 4.90 Å². The molecule has 4 rings (SSSR count). The summed E-state index contributed by atoms with van der Waals surface area (Å²) < 4.78 is 12.5. The Balaban J connectivity index is 1.76. The maximum atomic E-state index is 13.2. The largest absolute Gasteiger partial charge is 0.439 e. The van der Waals surface area contributed by atoms with E-state index in [9.17, 15) is 4.79 Å². The van der Waals surface area contributed by atoms with Crippen molar-refractivity contribution >= 4 is 14.2 Å². The number of cyclic esters (lactones) is 1. The lowest BCUT2D eigenvalue weighted by Gasteiger charge is -2.31. The number of ether oxygens (including phenoxy) is 2. The van der Waals surface area contributed by atoms with E-state index in [1.54, 1.807) is 4.90 Å². The van der Waals surface area contributed by atoms with Crippen LogP contribution in [0.4, 0.5) is 4.79 Å². The molecule has 2 aromatic rings. The van der Waals surface area contributed by atoms with Gasteiger partial charge in [0, 0.05) is 0 Å². The van der Waals surface area contributed by atoms with Crippen LogP contribution in [0.25, 0.3) is 0 Å².